The first kappa shape index (κ1) is 24.5. The van der Waals surface area contributed by atoms with Crippen LogP contribution in [0.4, 0.5) is 11.5 Å². The molecule has 36 heavy (non-hydrogen) atoms. The first-order valence-corrected chi connectivity index (χ1v) is 12.3. The second kappa shape index (κ2) is 11.3. The molecular weight excluding hydrogens is 501 g/mol. The number of hydrogen-bond acceptors (Lipinski definition) is 8. The van der Waals surface area contributed by atoms with Gasteiger partial charge < -0.3 is 19.5 Å². The predicted octanol–water partition coefficient (Wildman–Crippen LogP) is 5.36. The van der Waals surface area contributed by atoms with Crippen molar-refractivity contribution in [1.29, 1.82) is 0 Å². The number of fused-ring (bicyclic) bond motifs is 1. The molecule has 5 rings (SSSR count). The maximum absolute atomic E-state index is 6.16. The van der Waals surface area contributed by atoms with Gasteiger partial charge in [0.05, 0.1) is 35.0 Å². The number of ether oxygens (including phenoxy) is 3. The molecule has 1 N–H and O–H groups in total. The molecule has 1 unspecified atom stereocenters. The molecule has 1 saturated heterocycles. The molecule has 3 heterocycles. The second-order valence-corrected chi connectivity index (χ2v) is 9.17. The molecule has 0 aliphatic carbocycles. The van der Waals surface area contributed by atoms with E-state index < -0.39 is 0 Å². The van der Waals surface area contributed by atoms with Crippen molar-refractivity contribution in [3.63, 3.8) is 0 Å². The van der Waals surface area contributed by atoms with Crippen LogP contribution in [-0.2, 0) is 11.3 Å². The van der Waals surface area contributed by atoms with Crippen LogP contribution in [0.5, 0.6) is 11.5 Å². The highest BCUT2D eigenvalue weighted by molar-refractivity contribution is 6.42. The third kappa shape index (κ3) is 5.79. The molecule has 4 aromatic rings. The summed E-state index contributed by atoms with van der Waals surface area (Å²) in [6.45, 7) is 3.43. The van der Waals surface area contributed by atoms with Crippen molar-refractivity contribution in [1.82, 2.24) is 19.9 Å². The Morgan fingerprint density at radius 1 is 1.06 bits per heavy atom. The molecular formula is C26H25Cl2N5O3. The predicted molar refractivity (Wildman–Crippen MR) is 141 cm³/mol. The third-order valence-corrected chi connectivity index (χ3v) is 6.60. The molecule has 1 aliphatic heterocycles. The summed E-state index contributed by atoms with van der Waals surface area (Å²) in [7, 11) is 1.61. The van der Waals surface area contributed by atoms with Gasteiger partial charge in [-0.15, -0.1) is 0 Å². The molecule has 0 saturated carbocycles. The SMILES string of the molecule is COc1cc2c(Nc3ccc(Cl)c(Cl)c3)ncnc2cc1OCC1CN(Cc2ccccn2)CCO1. The van der Waals surface area contributed by atoms with Gasteiger partial charge in [-0.1, -0.05) is 29.3 Å². The van der Waals surface area contributed by atoms with E-state index in [1.165, 1.54) is 6.33 Å². The van der Waals surface area contributed by atoms with Crippen molar-refractivity contribution < 1.29 is 14.2 Å². The number of nitrogens with one attached hydrogen (secondary N) is 1. The molecule has 10 heteroatoms. The maximum atomic E-state index is 6.16. The number of methoxy groups -OCH3 is 1. The number of rotatable bonds is 8. The lowest BCUT2D eigenvalue weighted by molar-refractivity contribution is -0.0509. The van der Waals surface area contributed by atoms with Gasteiger partial charge in [-0.3, -0.25) is 9.88 Å². The molecule has 1 fully saturated rings. The van der Waals surface area contributed by atoms with Crippen molar-refractivity contribution in [2.45, 2.75) is 12.6 Å². The smallest absolute Gasteiger partial charge is 0.163 e. The van der Waals surface area contributed by atoms with Crippen LogP contribution in [0.3, 0.4) is 0 Å². The summed E-state index contributed by atoms with van der Waals surface area (Å²) >= 11 is 12.2. The largest absolute Gasteiger partial charge is 0.493 e. The Kier molecular flexibility index (Phi) is 7.67. The zero-order valence-corrected chi connectivity index (χ0v) is 21.2. The van der Waals surface area contributed by atoms with Gasteiger partial charge in [-0.25, -0.2) is 9.97 Å². The van der Waals surface area contributed by atoms with Crippen LogP contribution in [0.15, 0.2) is 61.1 Å². The molecule has 0 amide bonds. The second-order valence-electron chi connectivity index (χ2n) is 8.36. The van der Waals surface area contributed by atoms with E-state index in [2.05, 4.69) is 25.2 Å². The van der Waals surface area contributed by atoms with Gasteiger partial charge in [-0.05, 0) is 36.4 Å². The Bertz CT molecular complexity index is 1340. The van der Waals surface area contributed by atoms with Crippen molar-refractivity contribution in [3.8, 4) is 11.5 Å². The van der Waals surface area contributed by atoms with Gasteiger partial charge >= 0.3 is 0 Å². The van der Waals surface area contributed by atoms with Gasteiger partial charge in [0.1, 0.15) is 24.9 Å². The fraction of sp³-hybridized carbons (Fsp3) is 0.269. The molecule has 0 spiro atoms. The summed E-state index contributed by atoms with van der Waals surface area (Å²) < 4.78 is 17.7. The summed E-state index contributed by atoms with van der Waals surface area (Å²) in [6.07, 6.45) is 3.25. The van der Waals surface area contributed by atoms with E-state index in [1.54, 1.807) is 19.2 Å². The van der Waals surface area contributed by atoms with E-state index in [0.717, 1.165) is 36.4 Å². The van der Waals surface area contributed by atoms with Gasteiger partial charge in [0.15, 0.2) is 11.5 Å². The monoisotopic (exact) mass is 525 g/mol. The summed E-state index contributed by atoms with van der Waals surface area (Å²) in [6, 6.07) is 15.0. The van der Waals surface area contributed by atoms with Crippen LogP contribution in [-0.4, -0.2) is 59.4 Å². The van der Waals surface area contributed by atoms with Crippen LogP contribution in [0.25, 0.3) is 10.9 Å². The van der Waals surface area contributed by atoms with Crippen LogP contribution < -0.4 is 14.8 Å². The van der Waals surface area contributed by atoms with Gasteiger partial charge in [0.2, 0.25) is 0 Å². The number of halogens is 2. The van der Waals surface area contributed by atoms with E-state index in [1.807, 2.05) is 42.6 Å². The first-order chi connectivity index (χ1) is 17.6. The standard InChI is InChI=1S/C26H25Cl2N5O3/c1-34-24-11-20-23(30-16-31-26(20)32-17-5-6-21(27)22(28)10-17)12-25(24)36-15-19-14-33(8-9-35-19)13-18-4-2-3-7-29-18/h2-7,10-12,16,19H,8-9,13-15H2,1H3,(H,30,31,32). The highest BCUT2D eigenvalue weighted by Gasteiger charge is 2.22. The Morgan fingerprint density at radius 2 is 1.97 bits per heavy atom. The Labute approximate surface area is 219 Å². The van der Waals surface area contributed by atoms with E-state index >= 15 is 0 Å². The maximum Gasteiger partial charge on any atom is 0.163 e. The van der Waals surface area contributed by atoms with E-state index in [0.29, 0.717) is 46.1 Å². The van der Waals surface area contributed by atoms with Crippen molar-refractivity contribution in [2.75, 3.05) is 38.7 Å². The number of benzene rings is 2. The average Bonchev–Trinajstić information content (AvgIpc) is 2.90. The molecule has 2 aromatic carbocycles. The Hall–Kier alpha value is -3.17. The zero-order valence-electron chi connectivity index (χ0n) is 19.7. The van der Waals surface area contributed by atoms with Crippen molar-refractivity contribution in [2.24, 2.45) is 0 Å². The van der Waals surface area contributed by atoms with E-state index in [4.69, 9.17) is 37.4 Å². The molecule has 0 radical (unpaired) electrons. The fourth-order valence-electron chi connectivity index (χ4n) is 4.07. The van der Waals surface area contributed by atoms with Crippen LogP contribution in [0.1, 0.15) is 5.69 Å². The molecule has 186 valence electrons. The lowest BCUT2D eigenvalue weighted by Gasteiger charge is -2.32. The third-order valence-electron chi connectivity index (χ3n) is 5.86. The number of aromatic nitrogens is 3. The first-order valence-electron chi connectivity index (χ1n) is 11.5. The van der Waals surface area contributed by atoms with Crippen molar-refractivity contribution >= 4 is 45.6 Å². The molecule has 1 atom stereocenters. The van der Waals surface area contributed by atoms with E-state index in [9.17, 15) is 0 Å². The highest BCUT2D eigenvalue weighted by atomic mass is 35.5. The number of nitrogens with zero attached hydrogens (tertiary/aromatic N) is 4. The van der Waals surface area contributed by atoms with Crippen LogP contribution in [0, 0.1) is 0 Å². The molecule has 1 aliphatic rings. The zero-order chi connectivity index (χ0) is 24.9. The minimum Gasteiger partial charge on any atom is -0.493 e. The van der Waals surface area contributed by atoms with Gasteiger partial charge in [0.25, 0.3) is 0 Å². The summed E-state index contributed by atoms with van der Waals surface area (Å²) in [4.78, 5) is 15.6. The van der Waals surface area contributed by atoms with E-state index in [-0.39, 0.29) is 6.10 Å². The molecule has 2 aromatic heterocycles. The number of hydrogen-bond donors (Lipinski definition) is 1. The quantitative estimate of drug-likeness (QED) is 0.329. The van der Waals surface area contributed by atoms with Gasteiger partial charge in [0, 0.05) is 43.0 Å². The van der Waals surface area contributed by atoms with Crippen LogP contribution in [0.2, 0.25) is 10.0 Å². The summed E-state index contributed by atoms with van der Waals surface area (Å²) in [5.41, 5.74) is 2.51. The Morgan fingerprint density at radius 3 is 2.78 bits per heavy atom. The molecule has 8 nitrogen and oxygen atoms in total. The highest BCUT2D eigenvalue weighted by Crippen LogP contribution is 2.35. The lowest BCUT2D eigenvalue weighted by atomic mass is 10.2. The lowest BCUT2D eigenvalue weighted by Crippen LogP contribution is -2.44. The number of pyridine rings is 1. The summed E-state index contributed by atoms with van der Waals surface area (Å²) in [5, 5.41) is 5.00. The number of morpholine rings is 1. The normalized spacial score (nSPS) is 16.1. The number of anilines is 2. The van der Waals surface area contributed by atoms with Crippen LogP contribution >= 0.6 is 23.2 Å². The fourth-order valence-corrected chi connectivity index (χ4v) is 4.37. The van der Waals surface area contributed by atoms with Gasteiger partial charge in [-0.2, -0.15) is 0 Å². The topological polar surface area (TPSA) is 81.6 Å². The van der Waals surface area contributed by atoms with Crippen molar-refractivity contribution in [3.05, 3.63) is 76.8 Å². The average molecular weight is 526 g/mol. The Balaban J connectivity index is 1.30. The molecule has 0 bridgehead atoms. The summed E-state index contributed by atoms with van der Waals surface area (Å²) in [5.74, 6) is 1.79. The minimum atomic E-state index is -0.0693. The minimum absolute atomic E-state index is 0.0693.